The predicted molar refractivity (Wildman–Crippen MR) is 78.8 cm³/mol. The summed E-state index contributed by atoms with van der Waals surface area (Å²) in [4.78, 5) is 0. The molecule has 1 atom stereocenters. The maximum absolute atomic E-state index is 13.0. The van der Waals surface area contributed by atoms with Crippen LogP contribution >= 0.6 is 0 Å². The molecule has 4 bridgehead atoms. The number of halogens is 1. The third kappa shape index (κ3) is 2.18. The molecular formula is C18H24FN. The molecule has 2 heteroatoms. The zero-order valence-electron chi connectivity index (χ0n) is 12.2. The van der Waals surface area contributed by atoms with Crippen LogP contribution in [-0.4, -0.2) is 6.04 Å². The van der Waals surface area contributed by atoms with E-state index in [-0.39, 0.29) is 5.82 Å². The minimum Gasteiger partial charge on any atom is -0.307 e. The van der Waals surface area contributed by atoms with E-state index in [0.717, 1.165) is 23.7 Å². The number of hydrogen-bond acceptors (Lipinski definition) is 1. The molecule has 5 rings (SSSR count). The van der Waals surface area contributed by atoms with Crippen molar-refractivity contribution in [2.75, 3.05) is 0 Å². The highest BCUT2D eigenvalue weighted by Crippen LogP contribution is 2.54. The van der Waals surface area contributed by atoms with E-state index in [0.29, 0.717) is 12.1 Å². The van der Waals surface area contributed by atoms with Gasteiger partial charge < -0.3 is 5.32 Å². The normalized spacial score (nSPS) is 40.0. The molecular weight excluding hydrogens is 249 g/mol. The summed E-state index contributed by atoms with van der Waals surface area (Å²) < 4.78 is 13.0. The van der Waals surface area contributed by atoms with Gasteiger partial charge in [0.25, 0.3) is 0 Å². The fraction of sp³-hybridized carbons (Fsp3) is 0.667. The third-order valence-corrected chi connectivity index (χ3v) is 6.04. The monoisotopic (exact) mass is 273 g/mol. The fourth-order valence-electron chi connectivity index (χ4n) is 5.33. The van der Waals surface area contributed by atoms with Gasteiger partial charge in [-0.2, -0.15) is 0 Å². The molecule has 0 heterocycles. The largest absolute Gasteiger partial charge is 0.307 e. The fourth-order valence-corrected chi connectivity index (χ4v) is 5.33. The highest BCUT2D eigenvalue weighted by molar-refractivity contribution is 5.20. The first-order valence-electron chi connectivity index (χ1n) is 8.20. The lowest BCUT2D eigenvalue weighted by molar-refractivity contribution is -0.0171. The van der Waals surface area contributed by atoms with Crippen LogP contribution in [0.3, 0.4) is 0 Å². The van der Waals surface area contributed by atoms with Crippen molar-refractivity contribution >= 4 is 0 Å². The maximum atomic E-state index is 13.0. The molecule has 1 aromatic rings. The third-order valence-electron chi connectivity index (χ3n) is 6.04. The average molecular weight is 273 g/mol. The summed E-state index contributed by atoms with van der Waals surface area (Å²) in [6.45, 7) is 2.22. The van der Waals surface area contributed by atoms with E-state index in [1.165, 1.54) is 37.7 Å². The maximum Gasteiger partial charge on any atom is 0.123 e. The molecule has 0 radical (unpaired) electrons. The van der Waals surface area contributed by atoms with Gasteiger partial charge in [0.2, 0.25) is 0 Å². The lowest BCUT2D eigenvalue weighted by Gasteiger charge is -2.55. The molecule has 0 spiro atoms. The van der Waals surface area contributed by atoms with Gasteiger partial charge in [-0.25, -0.2) is 4.39 Å². The van der Waals surface area contributed by atoms with Gasteiger partial charge in [-0.15, -0.1) is 0 Å². The molecule has 4 aliphatic carbocycles. The topological polar surface area (TPSA) is 12.0 Å². The molecule has 4 fully saturated rings. The first kappa shape index (κ1) is 12.8. The summed E-state index contributed by atoms with van der Waals surface area (Å²) in [5.74, 6) is 3.70. The summed E-state index contributed by atoms with van der Waals surface area (Å²) in [5.41, 5.74) is 1.21. The van der Waals surface area contributed by atoms with E-state index in [9.17, 15) is 4.39 Å². The van der Waals surface area contributed by atoms with Crippen LogP contribution in [-0.2, 0) is 0 Å². The van der Waals surface area contributed by atoms with Crippen LogP contribution in [0.2, 0.25) is 0 Å². The Labute approximate surface area is 121 Å². The number of nitrogens with one attached hydrogen (secondary N) is 1. The van der Waals surface area contributed by atoms with Crippen molar-refractivity contribution in [2.24, 2.45) is 23.7 Å². The Balaban J connectivity index is 1.47. The van der Waals surface area contributed by atoms with Gasteiger partial charge in [0, 0.05) is 12.1 Å². The molecule has 1 N–H and O–H groups in total. The van der Waals surface area contributed by atoms with Gasteiger partial charge >= 0.3 is 0 Å². The zero-order chi connectivity index (χ0) is 13.7. The number of rotatable bonds is 3. The van der Waals surface area contributed by atoms with E-state index in [4.69, 9.17) is 0 Å². The Morgan fingerprint density at radius 1 is 0.950 bits per heavy atom. The van der Waals surface area contributed by atoms with Gasteiger partial charge in [-0.1, -0.05) is 12.1 Å². The van der Waals surface area contributed by atoms with Gasteiger partial charge in [0.1, 0.15) is 5.82 Å². The van der Waals surface area contributed by atoms with Crippen molar-refractivity contribution in [3.63, 3.8) is 0 Å². The van der Waals surface area contributed by atoms with Crippen molar-refractivity contribution < 1.29 is 4.39 Å². The smallest absolute Gasteiger partial charge is 0.123 e. The lowest BCUT2D eigenvalue weighted by Crippen LogP contribution is -2.54. The van der Waals surface area contributed by atoms with Gasteiger partial charge in [0.05, 0.1) is 0 Å². The Hall–Kier alpha value is -0.890. The van der Waals surface area contributed by atoms with E-state index >= 15 is 0 Å². The summed E-state index contributed by atoms with van der Waals surface area (Å²) in [5, 5.41) is 3.88. The van der Waals surface area contributed by atoms with Crippen LogP contribution in [0.5, 0.6) is 0 Å². The molecule has 0 amide bonds. The second-order valence-electron chi connectivity index (χ2n) is 7.40. The van der Waals surface area contributed by atoms with Crippen LogP contribution in [0.4, 0.5) is 4.39 Å². The van der Waals surface area contributed by atoms with Crippen molar-refractivity contribution in [1.82, 2.24) is 5.32 Å². The van der Waals surface area contributed by atoms with Gasteiger partial charge in [-0.3, -0.25) is 0 Å². The summed E-state index contributed by atoms with van der Waals surface area (Å²) in [6, 6.07) is 8.02. The minimum absolute atomic E-state index is 0.143. The van der Waals surface area contributed by atoms with Gasteiger partial charge in [-0.05, 0) is 80.4 Å². The summed E-state index contributed by atoms with van der Waals surface area (Å²) in [6.07, 6.45) is 7.29. The molecule has 4 saturated carbocycles. The lowest BCUT2D eigenvalue weighted by atomic mass is 9.54. The number of benzene rings is 1. The standard InChI is InChI=1S/C18H24FN/c1-11(14-2-4-17(19)5-3-14)20-18-15-7-12-6-13(9-15)10-16(18)8-12/h2-5,11-13,15-16,18,20H,6-10H2,1H3/t11-,12?,13?,15?,16?,18?/m0/s1. The quantitative estimate of drug-likeness (QED) is 0.865. The van der Waals surface area contributed by atoms with Gasteiger partial charge in [0.15, 0.2) is 0 Å². The average Bonchev–Trinajstić information content (AvgIpc) is 2.42. The molecule has 4 aliphatic rings. The van der Waals surface area contributed by atoms with Crippen LogP contribution in [0.15, 0.2) is 24.3 Å². The summed E-state index contributed by atoms with van der Waals surface area (Å²) >= 11 is 0. The first-order chi connectivity index (χ1) is 9.69. The predicted octanol–water partition coefficient (Wildman–Crippen LogP) is 4.30. The first-order valence-corrected chi connectivity index (χ1v) is 8.20. The molecule has 0 saturated heterocycles. The highest BCUT2D eigenvalue weighted by Gasteiger charge is 2.48. The highest BCUT2D eigenvalue weighted by atomic mass is 19.1. The van der Waals surface area contributed by atoms with Crippen LogP contribution in [0.1, 0.15) is 50.6 Å². The van der Waals surface area contributed by atoms with Crippen LogP contribution in [0.25, 0.3) is 0 Å². The summed E-state index contributed by atoms with van der Waals surface area (Å²) in [7, 11) is 0. The second-order valence-corrected chi connectivity index (χ2v) is 7.40. The Morgan fingerprint density at radius 3 is 2.05 bits per heavy atom. The van der Waals surface area contributed by atoms with E-state index in [1.807, 2.05) is 12.1 Å². The molecule has 0 aliphatic heterocycles. The van der Waals surface area contributed by atoms with Crippen molar-refractivity contribution in [3.05, 3.63) is 35.6 Å². The Bertz CT molecular complexity index is 453. The molecule has 20 heavy (non-hydrogen) atoms. The van der Waals surface area contributed by atoms with Crippen molar-refractivity contribution in [1.29, 1.82) is 0 Å². The minimum atomic E-state index is -0.143. The van der Waals surface area contributed by atoms with Crippen LogP contribution < -0.4 is 5.32 Å². The Morgan fingerprint density at radius 2 is 1.50 bits per heavy atom. The van der Waals surface area contributed by atoms with E-state index < -0.39 is 0 Å². The van der Waals surface area contributed by atoms with E-state index in [2.05, 4.69) is 12.2 Å². The zero-order valence-corrected chi connectivity index (χ0v) is 12.2. The molecule has 1 aromatic carbocycles. The number of hydrogen-bond donors (Lipinski definition) is 1. The van der Waals surface area contributed by atoms with E-state index in [1.54, 1.807) is 12.1 Å². The molecule has 108 valence electrons. The van der Waals surface area contributed by atoms with Crippen LogP contribution in [0, 0.1) is 29.5 Å². The van der Waals surface area contributed by atoms with Crippen molar-refractivity contribution in [3.8, 4) is 0 Å². The Kier molecular flexibility index (Phi) is 3.10. The molecule has 1 nitrogen and oxygen atoms in total. The SMILES string of the molecule is C[C@H](NC1C2CC3CC(C2)CC1C3)c1ccc(F)cc1. The van der Waals surface area contributed by atoms with Crippen molar-refractivity contribution in [2.45, 2.75) is 51.1 Å². The second kappa shape index (κ2) is 4.84. The molecule has 0 aromatic heterocycles. The molecule has 0 unspecified atom stereocenters.